The molecule has 0 fully saturated rings. The van der Waals surface area contributed by atoms with Crippen molar-refractivity contribution in [3.05, 3.63) is 41.0 Å². The monoisotopic (exact) mass is 288 g/mol. The van der Waals surface area contributed by atoms with Crippen LogP contribution >= 0.6 is 15.9 Å². The van der Waals surface area contributed by atoms with Crippen molar-refractivity contribution in [2.45, 2.75) is 0 Å². The Morgan fingerprint density at radius 2 is 2.12 bits per heavy atom. The normalized spacial score (nSPS) is 10.9. The van der Waals surface area contributed by atoms with Crippen LogP contribution in [0.15, 0.2) is 41.0 Å². The van der Waals surface area contributed by atoms with Gasteiger partial charge >= 0.3 is 0 Å². The van der Waals surface area contributed by atoms with Crippen LogP contribution in [0.25, 0.3) is 22.6 Å². The van der Waals surface area contributed by atoms with Crippen LogP contribution in [0.3, 0.4) is 0 Å². The first-order chi connectivity index (χ1) is 8.24. The number of hydrogen-bond acceptors (Lipinski definition) is 3. The van der Waals surface area contributed by atoms with Crippen LogP contribution in [-0.4, -0.2) is 15.0 Å². The number of nitrogens with one attached hydrogen (secondary N) is 1. The van der Waals surface area contributed by atoms with Crippen molar-refractivity contribution in [1.29, 1.82) is 0 Å². The van der Waals surface area contributed by atoms with Crippen LogP contribution in [0.4, 0.5) is 5.69 Å². The fourth-order valence-corrected chi connectivity index (χ4v) is 1.92. The van der Waals surface area contributed by atoms with Gasteiger partial charge in [0.05, 0.1) is 5.52 Å². The first kappa shape index (κ1) is 10.3. The van der Waals surface area contributed by atoms with E-state index in [2.05, 4.69) is 30.9 Å². The molecule has 0 aliphatic carbocycles. The smallest absolute Gasteiger partial charge is 0.178 e. The molecule has 0 bridgehead atoms. The highest BCUT2D eigenvalue weighted by Gasteiger charge is 2.06. The molecule has 0 radical (unpaired) electrons. The van der Waals surface area contributed by atoms with Crippen molar-refractivity contribution in [2.75, 3.05) is 5.73 Å². The molecule has 0 unspecified atom stereocenters. The van der Waals surface area contributed by atoms with Crippen LogP contribution in [-0.2, 0) is 0 Å². The number of nitrogens with zero attached hydrogens (tertiary/aromatic N) is 2. The molecule has 3 aromatic rings. The van der Waals surface area contributed by atoms with Gasteiger partial charge in [-0.25, -0.2) is 9.97 Å². The summed E-state index contributed by atoms with van der Waals surface area (Å²) in [5.41, 5.74) is 9.12. The van der Waals surface area contributed by atoms with Gasteiger partial charge in [-0.3, -0.25) is 0 Å². The van der Waals surface area contributed by atoms with E-state index in [1.807, 2.05) is 30.3 Å². The predicted octanol–water partition coefficient (Wildman–Crippen LogP) is 2.97. The summed E-state index contributed by atoms with van der Waals surface area (Å²) in [6.45, 7) is 0. The molecule has 0 aliphatic rings. The molecule has 0 amide bonds. The van der Waals surface area contributed by atoms with E-state index in [4.69, 9.17) is 5.73 Å². The molecule has 1 aromatic carbocycles. The molecule has 3 N–H and O–H groups in total. The minimum Gasteiger partial charge on any atom is -0.398 e. The van der Waals surface area contributed by atoms with Gasteiger partial charge in [-0.1, -0.05) is 0 Å². The molecular weight excluding hydrogens is 280 g/mol. The summed E-state index contributed by atoms with van der Waals surface area (Å²) in [6, 6.07) is 9.56. The zero-order valence-electron chi connectivity index (χ0n) is 8.81. The molecule has 2 aromatic heterocycles. The molecule has 0 spiro atoms. The van der Waals surface area contributed by atoms with Gasteiger partial charge < -0.3 is 10.7 Å². The largest absolute Gasteiger partial charge is 0.398 e. The average Bonchev–Trinajstić information content (AvgIpc) is 2.76. The summed E-state index contributed by atoms with van der Waals surface area (Å²) >= 11 is 3.37. The van der Waals surface area contributed by atoms with E-state index in [9.17, 15) is 0 Å². The van der Waals surface area contributed by atoms with E-state index in [-0.39, 0.29) is 0 Å². The molecule has 0 saturated heterocycles. The van der Waals surface area contributed by atoms with Crippen LogP contribution in [0.5, 0.6) is 0 Å². The summed E-state index contributed by atoms with van der Waals surface area (Å²) in [5, 5.41) is 0. The lowest BCUT2D eigenvalue weighted by molar-refractivity contribution is 1.30. The fourth-order valence-electron chi connectivity index (χ4n) is 1.67. The van der Waals surface area contributed by atoms with Crippen LogP contribution in [0.2, 0.25) is 0 Å². The number of H-pyrrole nitrogens is 1. The van der Waals surface area contributed by atoms with Crippen molar-refractivity contribution < 1.29 is 0 Å². The van der Waals surface area contributed by atoms with Gasteiger partial charge in [-0.2, -0.15) is 0 Å². The second-order valence-corrected chi connectivity index (χ2v) is 4.55. The molecular formula is C12H9BrN4. The summed E-state index contributed by atoms with van der Waals surface area (Å²) < 4.78 is 0.885. The van der Waals surface area contributed by atoms with E-state index in [1.165, 1.54) is 0 Å². The zero-order valence-corrected chi connectivity index (χ0v) is 10.4. The number of nitrogens with two attached hydrogens (primary N) is 1. The van der Waals surface area contributed by atoms with Gasteiger partial charge in [0.2, 0.25) is 0 Å². The highest BCUT2D eigenvalue weighted by molar-refractivity contribution is 9.10. The Hall–Kier alpha value is -1.88. The maximum absolute atomic E-state index is 5.85. The number of fused-ring (bicyclic) bond motifs is 1. The van der Waals surface area contributed by atoms with Crippen molar-refractivity contribution in [3.63, 3.8) is 0 Å². The predicted molar refractivity (Wildman–Crippen MR) is 71.4 cm³/mol. The third-order valence-corrected chi connectivity index (χ3v) is 3.25. The van der Waals surface area contributed by atoms with Crippen LogP contribution in [0.1, 0.15) is 0 Å². The first-order valence-electron chi connectivity index (χ1n) is 5.10. The summed E-state index contributed by atoms with van der Waals surface area (Å²) in [6.07, 6.45) is 1.73. The number of aromatic amines is 1. The average molecular weight is 289 g/mol. The summed E-state index contributed by atoms with van der Waals surface area (Å²) in [7, 11) is 0. The lowest BCUT2D eigenvalue weighted by Gasteiger charge is -2.00. The Morgan fingerprint density at radius 1 is 1.24 bits per heavy atom. The number of benzene rings is 1. The first-order valence-corrected chi connectivity index (χ1v) is 5.89. The lowest BCUT2D eigenvalue weighted by Crippen LogP contribution is -1.88. The van der Waals surface area contributed by atoms with Gasteiger partial charge in [0.15, 0.2) is 5.65 Å². The van der Waals surface area contributed by atoms with Crippen molar-refractivity contribution >= 4 is 32.8 Å². The molecule has 2 heterocycles. The van der Waals surface area contributed by atoms with Gasteiger partial charge in [0.25, 0.3) is 0 Å². The molecule has 0 atom stereocenters. The number of pyridine rings is 1. The van der Waals surface area contributed by atoms with E-state index in [0.29, 0.717) is 11.3 Å². The van der Waals surface area contributed by atoms with Gasteiger partial charge in [0, 0.05) is 21.9 Å². The second kappa shape index (κ2) is 3.85. The minimum atomic E-state index is 0.691. The van der Waals surface area contributed by atoms with Crippen LogP contribution < -0.4 is 5.73 Å². The highest BCUT2D eigenvalue weighted by atomic mass is 79.9. The van der Waals surface area contributed by atoms with E-state index < -0.39 is 0 Å². The summed E-state index contributed by atoms with van der Waals surface area (Å²) in [5.74, 6) is 0.776. The second-order valence-electron chi connectivity index (χ2n) is 3.70. The van der Waals surface area contributed by atoms with Crippen molar-refractivity contribution in [1.82, 2.24) is 15.0 Å². The Kier molecular flexibility index (Phi) is 2.33. The number of halogens is 1. The van der Waals surface area contributed by atoms with E-state index in [1.54, 1.807) is 6.20 Å². The Labute approximate surface area is 106 Å². The van der Waals surface area contributed by atoms with Gasteiger partial charge in [0.1, 0.15) is 5.82 Å². The number of hydrogen-bond donors (Lipinski definition) is 2. The Morgan fingerprint density at radius 3 is 2.88 bits per heavy atom. The molecule has 4 nitrogen and oxygen atoms in total. The Balaban J connectivity index is 2.17. The van der Waals surface area contributed by atoms with Crippen LogP contribution in [0, 0.1) is 0 Å². The number of anilines is 1. The third-order valence-electron chi connectivity index (χ3n) is 2.53. The molecule has 0 aliphatic heterocycles. The van der Waals surface area contributed by atoms with Crippen molar-refractivity contribution in [2.24, 2.45) is 0 Å². The zero-order chi connectivity index (χ0) is 11.8. The molecule has 5 heteroatoms. The maximum atomic E-state index is 5.85. The van der Waals surface area contributed by atoms with Gasteiger partial charge in [-0.05, 0) is 46.3 Å². The van der Waals surface area contributed by atoms with E-state index in [0.717, 1.165) is 21.4 Å². The Bertz CT molecular complexity index is 657. The summed E-state index contributed by atoms with van der Waals surface area (Å²) in [4.78, 5) is 11.8. The van der Waals surface area contributed by atoms with E-state index >= 15 is 0 Å². The number of aromatic nitrogens is 3. The third kappa shape index (κ3) is 1.78. The number of imidazole rings is 1. The fraction of sp³-hybridized carbons (Fsp3) is 0. The van der Waals surface area contributed by atoms with Gasteiger partial charge in [-0.15, -0.1) is 0 Å². The quantitative estimate of drug-likeness (QED) is 0.677. The standard InChI is InChI=1S/C12H9BrN4/c13-8-4-3-7(6-9(8)14)11-16-10-2-1-5-15-12(10)17-11/h1-6H,14H2,(H,15,16,17). The lowest BCUT2D eigenvalue weighted by atomic mass is 10.2. The molecule has 3 rings (SSSR count). The number of rotatable bonds is 1. The minimum absolute atomic E-state index is 0.691. The molecule has 0 saturated carbocycles. The maximum Gasteiger partial charge on any atom is 0.178 e. The topological polar surface area (TPSA) is 67.6 Å². The molecule has 17 heavy (non-hydrogen) atoms. The SMILES string of the molecule is Nc1cc(-c2nc3ncccc3[nH]2)ccc1Br. The number of nitrogen functional groups attached to an aromatic ring is 1. The molecule has 84 valence electrons. The highest BCUT2D eigenvalue weighted by Crippen LogP contribution is 2.26. The van der Waals surface area contributed by atoms with Crippen molar-refractivity contribution in [3.8, 4) is 11.4 Å².